The molecule has 1 aromatic heterocycles. The van der Waals surface area contributed by atoms with Gasteiger partial charge in [-0.1, -0.05) is 18.3 Å². The van der Waals surface area contributed by atoms with Gasteiger partial charge in [-0.3, -0.25) is 0 Å². The minimum absolute atomic E-state index is 0.375. The van der Waals surface area contributed by atoms with Crippen molar-refractivity contribution in [1.82, 2.24) is 10.2 Å². The van der Waals surface area contributed by atoms with Crippen molar-refractivity contribution in [2.45, 2.75) is 20.0 Å². The van der Waals surface area contributed by atoms with Crippen molar-refractivity contribution in [2.75, 3.05) is 6.61 Å². The lowest BCUT2D eigenvalue weighted by molar-refractivity contribution is 0.300. The average Bonchev–Trinajstić information content (AvgIpc) is 2.81. The number of rotatable bonds is 6. The van der Waals surface area contributed by atoms with Crippen molar-refractivity contribution in [3.8, 4) is 11.5 Å². The Hall–Kier alpha value is -1.33. The van der Waals surface area contributed by atoms with Gasteiger partial charge in [0.05, 0.1) is 6.61 Å². The quantitative estimate of drug-likeness (QED) is 0.813. The molecule has 2 rings (SSSR count). The zero-order valence-corrected chi connectivity index (χ0v) is 11.5. The molecule has 96 valence electrons. The van der Waals surface area contributed by atoms with E-state index >= 15 is 0 Å². The van der Waals surface area contributed by atoms with Crippen LogP contribution in [0.25, 0.3) is 0 Å². The summed E-state index contributed by atoms with van der Waals surface area (Å²) in [5.74, 6) is 1.62. The second-order valence-corrected chi connectivity index (χ2v) is 5.20. The van der Waals surface area contributed by atoms with Crippen LogP contribution in [0.3, 0.4) is 0 Å². The van der Waals surface area contributed by atoms with E-state index in [1.54, 1.807) is 0 Å². The SMILES string of the molecule is CCCOc1ccc(OCc2nnc(Cl)s2)cc1. The molecule has 0 aliphatic carbocycles. The summed E-state index contributed by atoms with van der Waals surface area (Å²) in [4.78, 5) is 0. The summed E-state index contributed by atoms with van der Waals surface area (Å²) in [5, 5.41) is 8.34. The van der Waals surface area contributed by atoms with Crippen LogP contribution in [0.5, 0.6) is 11.5 Å². The molecule has 0 aliphatic rings. The van der Waals surface area contributed by atoms with Gasteiger partial charge in [0.25, 0.3) is 0 Å². The Morgan fingerprint density at radius 3 is 2.33 bits per heavy atom. The Labute approximate surface area is 115 Å². The molecule has 0 spiro atoms. The minimum Gasteiger partial charge on any atom is -0.494 e. The van der Waals surface area contributed by atoms with Crippen LogP contribution >= 0.6 is 22.9 Å². The summed E-state index contributed by atoms with van der Waals surface area (Å²) >= 11 is 7.00. The fourth-order valence-corrected chi connectivity index (χ4v) is 2.07. The third-order valence-corrected chi connectivity index (χ3v) is 3.09. The van der Waals surface area contributed by atoms with Crippen LogP contribution in [0, 0.1) is 0 Å². The number of halogens is 1. The molecule has 0 saturated heterocycles. The number of aromatic nitrogens is 2. The lowest BCUT2D eigenvalue weighted by Gasteiger charge is -2.06. The Balaban J connectivity index is 1.86. The second kappa shape index (κ2) is 6.56. The van der Waals surface area contributed by atoms with Crippen LogP contribution in [0.2, 0.25) is 4.47 Å². The highest BCUT2D eigenvalue weighted by Gasteiger charge is 2.03. The highest BCUT2D eigenvalue weighted by atomic mass is 35.5. The van der Waals surface area contributed by atoms with Crippen LogP contribution in [0.15, 0.2) is 24.3 Å². The van der Waals surface area contributed by atoms with E-state index in [-0.39, 0.29) is 0 Å². The summed E-state index contributed by atoms with van der Waals surface area (Å²) in [7, 11) is 0. The predicted octanol–water partition coefficient (Wildman–Crippen LogP) is 3.56. The van der Waals surface area contributed by atoms with E-state index in [0.717, 1.165) is 29.5 Å². The first-order valence-electron chi connectivity index (χ1n) is 5.61. The van der Waals surface area contributed by atoms with Crippen LogP contribution in [-0.4, -0.2) is 16.8 Å². The molecule has 0 fully saturated rings. The molecule has 4 nitrogen and oxygen atoms in total. The normalized spacial score (nSPS) is 10.3. The van der Waals surface area contributed by atoms with E-state index in [4.69, 9.17) is 21.1 Å². The molecule has 6 heteroatoms. The molecule has 0 bridgehead atoms. The van der Waals surface area contributed by atoms with Gasteiger partial charge < -0.3 is 9.47 Å². The fourth-order valence-electron chi connectivity index (χ4n) is 1.29. The average molecular weight is 285 g/mol. The highest BCUT2D eigenvalue weighted by Crippen LogP contribution is 2.20. The number of benzene rings is 1. The third-order valence-electron chi connectivity index (χ3n) is 2.10. The summed E-state index contributed by atoms with van der Waals surface area (Å²) in [6.07, 6.45) is 0.996. The molecule has 0 unspecified atom stereocenters. The van der Waals surface area contributed by atoms with Gasteiger partial charge in [0.2, 0.25) is 4.47 Å². The van der Waals surface area contributed by atoms with Gasteiger partial charge in [0, 0.05) is 0 Å². The second-order valence-electron chi connectivity index (χ2n) is 3.56. The third kappa shape index (κ3) is 3.85. The van der Waals surface area contributed by atoms with E-state index in [9.17, 15) is 0 Å². The standard InChI is InChI=1S/C12H13ClN2O2S/c1-2-7-16-9-3-5-10(6-4-9)17-8-11-14-15-12(13)18-11/h3-6H,2,7-8H2,1H3. The van der Waals surface area contributed by atoms with Gasteiger partial charge in [-0.15, -0.1) is 10.2 Å². The number of ether oxygens (including phenoxy) is 2. The molecule has 0 saturated carbocycles. The fraction of sp³-hybridized carbons (Fsp3) is 0.333. The molecule has 18 heavy (non-hydrogen) atoms. The van der Waals surface area contributed by atoms with E-state index < -0.39 is 0 Å². The Morgan fingerprint density at radius 2 is 1.78 bits per heavy atom. The van der Waals surface area contributed by atoms with E-state index in [1.165, 1.54) is 11.3 Å². The number of hydrogen-bond acceptors (Lipinski definition) is 5. The van der Waals surface area contributed by atoms with Crippen molar-refractivity contribution < 1.29 is 9.47 Å². The molecule has 1 heterocycles. The van der Waals surface area contributed by atoms with Crippen molar-refractivity contribution in [2.24, 2.45) is 0 Å². The molecule has 1 aromatic carbocycles. The summed E-state index contributed by atoms with van der Waals surface area (Å²) < 4.78 is 11.5. The molecular formula is C12H13ClN2O2S. The Morgan fingerprint density at radius 1 is 1.11 bits per heavy atom. The maximum Gasteiger partial charge on any atom is 0.207 e. The van der Waals surface area contributed by atoms with Crippen LogP contribution in [0.1, 0.15) is 18.4 Å². The summed E-state index contributed by atoms with van der Waals surface area (Å²) in [6.45, 7) is 3.17. The van der Waals surface area contributed by atoms with Gasteiger partial charge in [0.15, 0.2) is 5.01 Å². The molecule has 0 N–H and O–H groups in total. The number of hydrogen-bond donors (Lipinski definition) is 0. The monoisotopic (exact) mass is 284 g/mol. The van der Waals surface area contributed by atoms with Gasteiger partial charge >= 0.3 is 0 Å². The van der Waals surface area contributed by atoms with Crippen molar-refractivity contribution in [1.29, 1.82) is 0 Å². The molecule has 0 atom stereocenters. The Kier molecular flexibility index (Phi) is 4.78. The van der Waals surface area contributed by atoms with E-state index in [0.29, 0.717) is 11.1 Å². The summed E-state index contributed by atoms with van der Waals surface area (Å²) in [5.41, 5.74) is 0. The highest BCUT2D eigenvalue weighted by molar-refractivity contribution is 7.15. The first-order valence-corrected chi connectivity index (χ1v) is 6.81. The Bertz CT molecular complexity index is 487. The van der Waals surface area contributed by atoms with Crippen LogP contribution in [-0.2, 0) is 6.61 Å². The van der Waals surface area contributed by atoms with E-state index in [2.05, 4.69) is 17.1 Å². The minimum atomic E-state index is 0.375. The smallest absolute Gasteiger partial charge is 0.207 e. The molecule has 0 radical (unpaired) electrons. The van der Waals surface area contributed by atoms with Crippen LogP contribution in [0.4, 0.5) is 0 Å². The van der Waals surface area contributed by atoms with Crippen molar-refractivity contribution in [3.63, 3.8) is 0 Å². The zero-order chi connectivity index (χ0) is 12.8. The van der Waals surface area contributed by atoms with Gasteiger partial charge in [-0.2, -0.15) is 0 Å². The van der Waals surface area contributed by atoms with E-state index in [1.807, 2.05) is 24.3 Å². The van der Waals surface area contributed by atoms with Crippen molar-refractivity contribution >= 4 is 22.9 Å². The lowest BCUT2D eigenvalue weighted by Crippen LogP contribution is -1.96. The maximum atomic E-state index is 5.68. The predicted molar refractivity (Wildman–Crippen MR) is 71.5 cm³/mol. The molecular weight excluding hydrogens is 272 g/mol. The summed E-state index contributed by atoms with van der Waals surface area (Å²) in [6, 6.07) is 7.51. The molecule has 0 amide bonds. The van der Waals surface area contributed by atoms with Crippen molar-refractivity contribution in [3.05, 3.63) is 33.7 Å². The van der Waals surface area contributed by atoms with Gasteiger partial charge in [0.1, 0.15) is 18.1 Å². The molecule has 2 aromatic rings. The van der Waals surface area contributed by atoms with Gasteiger partial charge in [-0.25, -0.2) is 0 Å². The van der Waals surface area contributed by atoms with Gasteiger partial charge in [-0.05, 0) is 42.3 Å². The topological polar surface area (TPSA) is 44.2 Å². The number of nitrogens with zero attached hydrogens (tertiary/aromatic N) is 2. The lowest BCUT2D eigenvalue weighted by atomic mass is 10.3. The van der Waals surface area contributed by atoms with Crippen LogP contribution < -0.4 is 9.47 Å². The first-order chi connectivity index (χ1) is 8.78. The first kappa shape index (κ1) is 13.1. The maximum absolute atomic E-state index is 5.68. The zero-order valence-electron chi connectivity index (χ0n) is 9.93. The largest absolute Gasteiger partial charge is 0.494 e. The molecule has 0 aliphatic heterocycles.